The number of aromatic nitrogens is 3. The molecular formula is C21H25N3. The maximum absolute atomic E-state index is 4.74. The van der Waals surface area contributed by atoms with Crippen LogP contribution in [0.4, 0.5) is 0 Å². The molecule has 0 saturated carbocycles. The third kappa shape index (κ3) is 2.75. The van der Waals surface area contributed by atoms with Crippen LogP contribution in [0.3, 0.4) is 0 Å². The molecule has 0 unspecified atom stereocenters. The lowest BCUT2D eigenvalue weighted by Gasteiger charge is -2.13. The van der Waals surface area contributed by atoms with Gasteiger partial charge in [-0.25, -0.2) is 0 Å². The van der Waals surface area contributed by atoms with Crippen molar-refractivity contribution in [2.45, 2.75) is 48.5 Å². The highest BCUT2D eigenvalue weighted by Crippen LogP contribution is 2.22. The van der Waals surface area contributed by atoms with E-state index in [2.05, 4.69) is 76.7 Å². The number of nitrogens with zero attached hydrogens (tertiary/aromatic N) is 3. The molecule has 0 bridgehead atoms. The van der Waals surface area contributed by atoms with E-state index in [0.29, 0.717) is 0 Å². The summed E-state index contributed by atoms with van der Waals surface area (Å²) in [4.78, 5) is 0. The SMILES string of the molecule is Cc1cc(C)c(-n2[c-][n+](-c3c(C)cc(C)cc3C)nc2C)c(C)c1. The normalized spacial score (nSPS) is 11.1. The second kappa shape index (κ2) is 5.90. The van der Waals surface area contributed by atoms with Gasteiger partial charge in [-0.3, -0.25) is 4.57 Å². The smallest absolute Gasteiger partial charge is 0.273 e. The molecular weight excluding hydrogens is 294 g/mol. The number of benzene rings is 2. The van der Waals surface area contributed by atoms with Gasteiger partial charge in [-0.1, -0.05) is 35.4 Å². The van der Waals surface area contributed by atoms with Crippen molar-refractivity contribution < 1.29 is 4.68 Å². The highest BCUT2D eigenvalue weighted by molar-refractivity contribution is 5.49. The Hall–Kier alpha value is -2.42. The van der Waals surface area contributed by atoms with Crippen molar-refractivity contribution in [2.24, 2.45) is 0 Å². The maximum atomic E-state index is 4.74. The van der Waals surface area contributed by atoms with Gasteiger partial charge in [0.25, 0.3) is 6.33 Å². The fourth-order valence-corrected chi connectivity index (χ4v) is 3.72. The second-order valence-electron chi connectivity index (χ2n) is 6.89. The first-order valence-corrected chi connectivity index (χ1v) is 8.35. The minimum atomic E-state index is 0.935. The largest absolute Gasteiger partial charge is 0.297 e. The lowest BCUT2D eigenvalue weighted by molar-refractivity contribution is -0.662. The predicted molar refractivity (Wildman–Crippen MR) is 97.1 cm³/mol. The molecule has 1 aromatic heterocycles. The number of rotatable bonds is 2. The van der Waals surface area contributed by atoms with E-state index in [1.54, 1.807) is 0 Å². The Bertz CT molecular complexity index is 886. The molecule has 0 aliphatic rings. The Morgan fingerprint density at radius 3 is 1.71 bits per heavy atom. The first kappa shape index (κ1) is 16.4. The van der Waals surface area contributed by atoms with E-state index in [1.807, 2.05) is 11.6 Å². The van der Waals surface area contributed by atoms with Gasteiger partial charge >= 0.3 is 0 Å². The van der Waals surface area contributed by atoms with Crippen LogP contribution in [-0.4, -0.2) is 9.67 Å². The molecule has 124 valence electrons. The Morgan fingerprint density at radius 2 is 1.21 bits per heavy atom. The van der Waals surface area contributed by atoms with Crippen molar-refractivity contribution in [1.82, 2.24) is 9.67 Å². The molecule has 0 spiro atoms. The van der Waals surface area contributed by atoms with E-state index in [9.17, 15) is 0 Å². The monoisotopic (exact) mass is 319 g/mol. The highest BCUT2D eigenvalue weighted by Gasteiger charge is 2.15. The molecule has 3 aromatic rings. The van der Waals surface area contributed by atoms with Gasteiger partial charge in [-0.05, 0) is 70.7 Å². The summed E-state index contributed by atoms with van der Waals surface area (Å²) < 4.78 is 3.96. The summed E-state index contributed by atoms with van der Waals surface area (Å²) in [6.45, 7) is 14.9. The molecule has 3 rings (SSSR count). The van der Waals surface area contributed by atoms with Crippen LogP contribution >= 0.6 is 0 Å². The summed E-state index contributed by atoms with van der Waals surface area (Å²) in [5, 5.41) is 4.74. The molecule has 3 nitrogen and oxygen atoms in total. The number of aryl methyl sites for hydroxylation is 7. The van der Waals surface area contributed by atoms with Crippen LogP contribution in [-0.2, 0) is 0 Å². The van der Waals surface area contributed by atoms with E-state index in [0.717, 1.165) is 11.5 Å². The third-order valence-electron chi connectivity index (χ3n) is 4.47. The topological polar surface area (TPSA) is 21.7 Å². The third-order valence-corrected chi connectivity index (χ3v) is 4.47. The minimum absolute atomic E-state index is 0.935. The molecule has 3 heteroatoms. The molecule has 0 fully saturated rings. The fourth-order valence-electron chi connectivity index (χ4n) is 3.72. The maximum Gasteiger partial charge on any atom is 0.273 e. The van der Waals surface area contributed by atoms with Crippen molar-refractivity contribution >= 4 is 0 Å². The lowest BCUT2D eigenvalue weighted by Crippen LogP contribution is -2.35. The quantitative estimate of drug-likeness (QED) is 0.514. The van der Waals surface area contributed by atoms with Crippen LogP contribution in [0.15, 0.2) is 24.3 Å². The molecule has 0 atom stereocenters. The fraction of sp³-hybridized carbons (Fsp3) is 0.333. The highest BCUT2D eigenvalue weighted by atomic mass is 15.4. The average molecular weight is 319 g/mol. The molecule has 0 amide bonds. The zero-order chi connectivity index (χ0) is 17.6. The van der Waals surface area contributed by atoms with Crippen molar-refractivity contribution in [1.29, 1.82) is 0 Å². The van der Waals surface area contributed by atoms with Gasteiger partial charge < -0.3 is 0 Å². The van der Waals surface area contributed by atoms with E-state index in [1.165, 1.54) is 39.1 Å². The van der Waals surface area contributed by atoms with Gasteiger partial charge in [-0.15, -0.1) is 5.10 Å². The van der Waals surface area contributed by atoms with Crippen LogP contribution in [0, 0.1) is 54.8 Å². The Morgan fingerprint density at radius 1 is 0.750 bits per heavy atom. The second-order valence-corrected chi connectivity index (χ2v) is 6.89. The van der Waals surface area contributed by atoms with Crippen molar-refractivity contribution in [3.8, 4) is 11.4 Å². The van der Waals surface area contributed by atoms with Crippen LogP contribution < -0.4 is 4.68 Å². The van der Waals surface area contributed by atoms with Crippen molar-refractivity contribution in [3.05, 3.63) is 69.8 Å². The lowest BCUT2D eigenvalue weighted by atomic mass is 10.0. The Kier molecular flexibility index (Phi) is 4.04. The zero-order valence-corrected chi connectivity index (χ0v) is 15.7. The van der Waals surface area contributed by atoms with Crippen LogP contribution in [0.2, 0.25) is 0 Å². The molecule has 0 N–H and O–H groups in total. The number of hydrogen-bond acceptors (Lipinski definition) is 1. The molecule has 0 saturated heterocycles. The molecule has 1 heterocycles. The standard InChI is InChI=1S/C21H25N3/c1-13-8-15(3)20(16(4)9-13)23-12-24(22-19(23)7)21-17(5)10-14(2)11-18(21)6/h8-11H,1-7H3. The first-order chi connectivity index (χ1) is 11.3. The summed E-state index contributed by atoms with van der Waals surface area (Å²) in [5.74, 6) is 0.935. The van der Waals surface area contributed by atoms with Crippen molar-refractivity contribution in [2.75, 3.05) is 0 Å². The van der Waals surface area contributed by atoms with E-state index in [-0.39, 0.29) is 0 Å². The summed E-state index contributed by atoms with van der Waals surface area (Å²) in [5.41, 5.74) is 9.77. The summed E-state index contributed by atoms with van der Waals surface area (Å²) in [6, 6.07) is 8.81. The number of hydrogen-bond donors (Lipinski definition) is 0. The Labute approximate surface area is 144 Å². The van der Waals surface area contributed by atoms with Gasteiger partial charge in [0.15, 0.2) is 5.82 Å². The Balaban J connectivity index is 2.20. The zero-order valence-electron chi connectivity index (χ0n) is 15.7. The van der Waals surface area contributed by atoms with Gasteiger partial charge in [0.1, 0.15) is 0 Å². The summed E-state index contributed by atoms with van der Waals surface area (Å²) in [6.07, 6.45) is 3.44. The van der Waals surface area contributed by atoms with Gasteiger partial charge in [0.2, 0.25) is 0 Å². The average Bonchev–Trinajstić information content (AvgIpc) is 2.78. The molecule has 2 aromatic carbocycles. The van der Waals surface area contributed by atoms with E-state index >= 15 is 0 Å². The van der Waals surface area contributed by atoms with Crippen LogP contribution in [0.5, 0.6) is 0 Å². The van der Waals surface area contributed by atoms with Crippen molar-refractivity contribution in [3.63, 3.8) is 0 Å². The minimum Gasteiger partial charge on any atom is -0.297 e. The molecule has 0 radical (unpaired) electrons. The summed E-state index contributed by atoms with van der Waals surface area (Å²) >= 11 is 0. The molecule has 0 aliphatic carbocycles. The van der Waals surface area contributed by atoms with E-state index in [4.69, 9.17) is 5.10 Å². The van der Waals surface area contributed by atoms with E-state index < -0.39 is 0 Å². The predicted octanol–water partition coefficient (Wildman–Crippen LogP) is 4.11. The molecule has 24 heavy (non-hydrogen) atoms. The van der Waals surface area contributed by atoms with Gasteiger partial charge in [0.05, 0.1) is 11.4 Å². The van der Waals surface area contributed by atoms with Crippen LogP contribution in [0.1, 0.15) is 39.2 Å². The molecule has 0 aliphatic heterocycles. The van der Waals surface area contributed by atoms with Gasteiger partial charge in [0, 0.05) is 0 Å². The summed E-state index contributed by atoms with van der Waals surface area (Å²) in [7, 11) is 0. The van der Waals surface area contributed by atoms with Gasteiger partial charge in [-0.2, -0.15) is 4.68 Å². The first-order valence-electron chi connectivity index (χ1n) is 8.35. The van der Waals surface area contributed by atoms with Crippen LogP contribution in [0.25, 0.3) is 11.4 Å².